The SMILES string of the molecule is Cc1cccc(C)c1N1C=C[N-]C1c1[c-]c(Oc2[c-]c3c(cc2)c2ccccc2n3-c2cc(C(C)(C)C)ccn2)cc2oc3ccccc3c12.[Pt]. The molecule has 9 rings (SSSR count). The third kappa shape index (κ3) is 5.50. The van der Waals surface area contributed by atoms with Gasteiger partial charge in [0.25, 0.3) is 0 Å². The number of furan rings is 1. The summed E-state index contributed by atoms with van der Waals surface area (Å²) in [6, 6.07) is 40.4. The van der Waals surface area contributed by atoms with Gasteiger partial charge in [0, 0.05) is 55.5 Å². The molecule has 0 N–H and O–H groups in total. The summed E-state index contributed by atoms with van der Waals surface area (Å²) < 4.78 is 15.3. The van der Waals surface area contributed by atoms with E-state index in [1.807, 2.05) is 48.9 Å². The van der Waals surface area contributed by atoms with Crippen LogP contribution in [0.3, 0.4) is 0 Å². The molecule has 0 radical (unpaired) electrons. The van der Waals surface area contributed by atoms with Gasteiger partial charge in [-0.3, -0.25) is 0 Å². The molecule has 51 heavy (non-hydrogen) atoms. The first-order chi connectivity index (χ1) is 24.2. The number of benzene rings is 5. The number of hydrogen-bond acceptors (Lipinski definition) is 4. The number of rotatable bonds is 5. The number of hydrogen-bond donors (Lipinski definition) is 0. The van der Waals surface area contributed by atoms with Crippen molar-refractivity contribution in [2.75, 3.05) is 4.90 Å². The summed E-state index contributed by atoms with van der Waals surface area (Å²) in [5, 5.41) is 9.17. The summed E-state index contributed by atoms with van der Waals surface area (Å²) in [4.78, 5) is 7.05. The Balaban J connectivity index is 0.00000374. The van der Waals surface area contributed by atoms with Crippen molar-refractivity contribution in [3.63, 3.8) is 0 Å². The molecule has 1 aliphatic heterocycles. The smallest absolute Gasteiger partial charge is 0.135 e. The van der Waals surface area contributed by atoms with Gasteiger partial charge in [-0.2, -0.15) is 12.3 Å². The average Bonchev–Trinajstić information content (AvgIpc) is 3.82. The third-order valence-electron chi connectivity index (χ3n) is 9.70. The summed E-state index contributed by atoms with van der Waals surface area (Å²) >= 11 is 0. The maximum Gasteiger partial charge on any atom is 0.135 e. The van der Waals surface area contributed by atoms with E-state index in [0.717, 1.165) is 60.8 Å². The largest absolute Gasteiger partial charge is 0.668 e. The minimum atomic E-state index is -0.350. The number of anilines is 1. The number of aromatic nitrogens is 2. The van der Waals surface area contributed by atoms with E-state index in [1.54, 1.807) is 0 Å². The Kier molecular flexibility index (Phi) is 8.03. The van der Waals surface area contributed by atoms with E-state index >= 15 is 0 Å². The normalized spacial score (nSPS) is 14.5. The van der Waals surface area contributed by atoms with Crippen molar-refractivity contribution in [2.24, 2.45) is 0 Å². The summed E-state index contributed by atoms with van der Waals surface area (Å²) in [7, 11) is 0. The van der Waals surface area contributed by atoms with Crippen molar-refractivity contribution in [1.29, 1.82) is 0 Å². The van der Waals surface area contributed by atoms with Crippen LogP contribution >= 0.6 is 0 Å². The number of pyridine rings is 1. The Morgan fingerprint density at radius 2 is 1.55 bits per heavy atom. The number of aryl methyl sites for hydroxylation is 2. The molecule has 5 aromatic carbocycles. The summed E-state index contributed by atoms with van der Waals surface area (Å²) in [5.41, 5.74) is 9.04. The van der Waals surface area contributed by atoms with Gasteiger partial charge in [0.05, 0.1) is 0 Å². The zero-order chi connectivity index (χ0) is 34.1. The Morgan fingerprint density at radius 1 is 0.784 bits per heavy atom. The van der Waals surface area contributed by atoms with E-state index < -0.39 is 0 Å². The second-order valence-electron chi connectivity index (χ2n) is 14.0. The zero-order valence-electron chi connectivity index (χ0n) is 29.0. The molecule has 6 nitrogen and oxygen atoms in total. The van der Waals surface area contributed by atoms with Crippen molar-refractivity contribution in [3.05, 3.63) is 155 Å². The second-order valence-corrected chi connectivity index (χ2v) is 14.0. The number of nitrogens with zero attached hydrogens (tertiary/aromatic N) is 4. The topological polar surface area (TPSA) is 57.5 Å². The fourth-order valence-corrected chi connectivity index (χ4v) is 7.31. The van der Waals surface area contributed by atoms with Gasteiger partial charge < -0.3 is 23.9 Å². The molecule has 0 amide bonds. The minimum absolute atomic E-state index is 0. The Bertz CT molecular complexity index is 2620. The molecule has 256 valence electrons. The van der Waals surface area contributed by atoms with Crippen molar-refractivity contribution in [2.45, 2.75) is 46.2 Å². The van der Waals surface area contributed by atoms with E-state index in [2.05, 4.69) is 123 Å². The fourth-order valence-electron chi connectivity index (χ4n) is 7.31. The van der Waals surface area contributed by atoms with Crippen LogP contribution in [0.4, 0.5) is 5.69 Å². The van der Waals surface area contributed by atoms with Crippen LogP contribution in [-0.4, -0.2) is 9.55 Å². The van der Waals surface area contributed by atoms with Crippen molar-refractivity contribution >= 4 is 49.4 Å². The molecule has 0 aliphatic carbocycles. The van der Waals surface area contributed by atoms with Crippen LogP contribution in [0.1, 0.15) is 49.2 Å². The van der Waals surface area contributed by atoms with Gasteiger partial charge in [0.1, 0.15) is 11.4 Å². The molecular formula is C44H35N4O2Pt-3. The third-order valence-corrected chi connectivity index (χ3v) is 9.70. The van der Waals surface area contributed by atoms with Crippen LogP contribution in [0, 0.1) is 26.0 Å². The van der Waals surface area contributed by atoms with Gasteiger partial charge in [-0.05, 0) is 83.4 Å². The summed E-state index contributed by atoms with van der Waals surface area (Å²) in [6.07, 6.45) is 5.45. The second kappa shape index (κ2) is 12.5. The quantitative estimate of drug-likeness (QED) is 0.162. The maximum atomic E-state index is 6.66. The molecule has 1 atom stereocenters. The standard InChI is InChI=1S/C44H35N4O2.Pt/c1-27-11-10-12-28(2)42(27)47-22-21-46-43(47)35-24-31(26-39-41(35)34-14-7-9-16-38(34)50-39)49-30-17-18-33-32-13-6-8-15-36(32)48(37(33)25-30)40-23-29(19-20-45-40)44(3,4)5;/h6-23,26,43H,1-5H3;/q-3;. The molecule has 3 aromatic heterocycles. The zero-order valence-corrected chi connectivity index (χ0v) is 31.2. The Morgan fingerprint density at radius 3 is 2.35 bits per heavy atom. The fraction of sp³-hybridized carbons (Fsp3) is 0.159. The number of ether oxygens (including phenoxy) is 1. The predicted octanol–water partition coefficient (Wildman–Crippen LogP) is 11.7. The van der Waals surface area contributed by atoms with Crippen molar-refractivity contribution < 1.29 is 30.2 Å². The van der Waals surface area contributed by atoms with Crippen LogP contribution in [-0.2, 0) is 26.5 Å². The van der Waals surface area contributed by atoms with Gasteiger partial charge in [0.2, 0.25) is 0 Å². The predicted molar refractivity (Wildman–Crippen MR) is 202 cm³/mol. The van der Waals surface area contributed by atoms with Gasteiger partial charge in [-0.1, -0.05) is 92.3 Å². The molecule has 0 fully saturated rings. The Hall–Kier alpha value is -5.32. The molecule has 0 saturated heterocycles. The molecule has 7 heteroatoms. The first kappa shape index (κ1) is 32.9. The molecule has 0 spiro atoms. The van der Waals surface area contributed by atoms with E-state index in [0.29, 0.717) is 11.5 Å². The molecule has 1 unspecified atom stereocenters. The van der Waals surface area contributed by atoms with Crippen LogP contribution in [0.25, 0.3) is 54.9 Å². The molecular weight excluding hydrogens is 812 g/mol. The van der Waals surface area contributed by atoms with Gasteiger partial charge in [-0.15, -0.1) is 29.1 Å². The molecule has 0 bridgehead atoms. The van der Waals surface area contributed by atoms with Crippen LogP contribution in [0.15, 0.2) is 120 Å². The van der Waals surface area contributed by atoms with E-state index in [9.17, 15) is 0 Å². The Labute approximate surface area is 311 Å². The van der Waals surface area contributed by atoms with E-state index in [1.165, 1.54) is 16.7 Å². The first-order valence-corrected chi connectivity index (χ1v) is 16.9. The minimum Gasteiger partial charge on any atom is -0.668 e. The monoisotopic (exact) mass is 846 g/mol. The van der Waals surface area contributed by atoms with Crippen LogP contribution in [0.5, 0.6) is 11.5 Å². The van der Waals surface area contributed by atoms with E-state index in [4.69, 9.17) is 19.5 Å². The van der Waals surface area contributed by atoms with Crippen molar-refractivity contribution in [3.8, 4) is 17.3 Å². The van der Waals surface area contributed by atoms with Gasteiger partial charge in [-0.25, -0.2) is 4.98 Å². The van der Waals surface area contributed by atoms with Gasteiger partial charge >= 0.3 is 0 Å². The molecule has 0 saturated carbocycles. The number of para-hydroxylation sites is 3. The summed E-state index contributed by atoms with van der Waals surface area (Å²) in [5.74, 6) is 1.94. The van der Waals surface area contributed by atoms with E-state index in [-0.39, 0.29) is 32.6 Å². The van der Waals surface area contributed by atoms with Crippen LogP contribution < -0.4 is 9.64 Å². The molecule has 4 heterocycles. The summed E-state index contributed by atoms with van der Waals surface area (Å²) in [6.45, 7) is 10.9. The van der Waals surface area contributed by atoms with Crippen molar-refractivity contribution in [1.82, 2.24) is 9.55 Å². The number of fused-ring (bicyclic) bond motifs is 6. The van der Waals surface area contributed by atoms with Gasteiger partial charge in [0.15, 0.2) is 0 Å². The molecule has 1 aliphatic rings. The maximum absolute atomic E-state index is 6.66. The first-order valence-electron chi connectivity index (χ1n) is 16.9. The average molecular weight is 847 g/mol. The molecule has 8 aromatic rings. The van der Waals surface area contributed by atoms with Crippen LogP contribution in [0.2, 0.25) is 0 Å².